The average molecular weight is 426 g/mol. The maximum atomic E-state index is 13.0. The number of aromatic nitrogens is 3. The first-order chi connectivity index (χ1) is 12.9. The minimum atomic E-state index is -0.379. The SMILES string of the molecule is Cn1c(=O)c2c(-c3cccc(Br)c3)n(-c3ccc(O)cc3)cc2n(C)c1=O. The second-order valence-corrected chi connectivity index (χ2v) is 7.26. The van der Waals surface area contributed by atoms with Crippen LogP contribution in [-0.4, -0.2) is 18.8 Å². The lowest BCUT2D eigenvalue weighted by Gasteiger charge is -2.10. The van der Waals surface area contributed by atoms with Crippen LogP contribution in [0.5, 0.6) is 5.75 Å². The lowest BCUT2D eigenvalue weighted by molar-refractivity contribution is 0.475. The molecular weight excluding hydrogens is 410 g/mol. The third-order valence-electron chi connectivity index (χ3n) is 4.66. The molecular formula is C20H16BrN3O3. The third kappa shape index (κ3) is 2.71. The molecule has 0 saturated carbocycles. The molecule has 7 heteroatoms. The van der Waals surface area contributed by atoms with Crippen molar-refractivity contribution >= 4 is 26.8 Å². The molecule has 0 aliphatic carbocycles. The Kier molecular flexibility index (Phi) is 4.04. The van der Waals surface area contributed by atoms with Crippen molar-refractivity contribution in [3.05, 3.63) is 80.0 Å². The van der Waals surface area contributed by atoms with E-state index in [4.69, 9.17) is 0 Å². The first-order valence-corrected chi connectivity index (χ1v) is 9.04. The largest absolute Gasteiger partial charge is 0.508 e. The van der Waals surface area contributed by atoms with Gasteiger partial charge < -0.3 is 9.67 Å². The highest BCUT2D eigenvalue weighted by atomic mass is 79.9. The number of rotatable bonds is 2. The van der Waals surface area contributed by atoms with Gasteiger partial charge in [0.2, 0.25) is 0 Å². The van der Waals surface area contributed by atoms with E-state index in [-0.39, 0.29) is 17.0 Å². The molecule has 2 heterocycles. The summed E-state index contributed by atoms with van der Waals surface area (Å²) in [5.74, 6) is 0.155. The number of phenols is 1. The quantitative estimate of drug-likeness (QED) is 0.536. The minimum Gasteiger partial charge on any atom is -0.508 e. The van der Waals surface area contributed by atoms with Gasteiger partial charge >= 0.3 is 5.69 Å². The molecule has 0 spiro atoms. The van der Waals surface area contributed by atoms with Gasteiger partial charge in [0.05, 0.1) is 16.6 Å². The Bertz CT molecular complexity index is 1300. The van der Waals surface area contributed by atoms with Crippen LogP contribution in [0.1, 0.15) is 0 Å². The highest BCUT2D eigenvalue weighted by Gasteiger charge is 2.20. The molecule has 1 N–H and O–H groups in total. The van der Waals surface area contributed by atoms with Crippen LogP contribution in [0, 0.1) is 0 Å². The zero-order chi connectivity index (χ0) is 19.3. The van der Waals surface area contributed by atoms with E-state index in [2.05, 4.69) is 15.9 Å². The lowest BCUT2D eigenvalue weighted by atomic mass is 10.1. The maximum Gasteiger partial charge on any atom is 0.330 e. The molecule has 0 radical (unpaired) electrons. The highest BCUT2D eigenvalue weighted by Crippen LogP contribution is 2.32. The van der Waals surface area contributed by atoms with E-state index >= 15 is 0 Å². The van der Waals surface area contributed by atoms with E-state index in [1.165, 1.54) is 11.6 Å². The topological polar surface area (TPSA) is 69.2 Å². The fraction of sp³-hybridized carbons (Fsp3) is 0.100. The monoisotopic (exact) mass is 425 g/mol. The first kappa shape index (κ1) is 17.4. The molecule has 2 aromatic heterocycles. The Morgan fingerprint density at radius 2 is 1.67 bits per heavy atom. The number of aromatic hydroxyl groups is 1. The summed E-state index contributed by atoms with van der Waals surface area (Å²) >= 11 is 3.48. The fourth-order valence-corrected chi connectivity index (χ4v) is 3.68. The standard InChI is InChI=1S/C20H16BrN3O3/c1-22-16-11-24(14-6-8-15(25)9-7-14)18(12-4-3-5-13(21)10-12)17(16)19(26)23(2)20(22)27/h3-11,25H,1-2H3. The van der Waals surface area contributed by atoms with Crippen molar-refractivity contribution in [1.82, 2.24) is 13.7 Å². The zero-order valence-corrected chi connectivity index (χ0v) is 16.3. The Morgan fingerprint density at radius 3 is 2.33 bits per heavy atom. The van der Waals surface area contributed by atoms with Gasteiger partial charge in [-0.05, 0) is 36.4 Å². The van der Waals surface area contributed by atoms with Gasteiger partial charge in [-0.25, -0.2) is 4.79 Å². The third-order valence-corrected chi connectivity index (χ3v) is 5.16. The summed E-state index contributed by atoms with van der Waals surface area (Å²) in [4.78, 5) is 25.3. The average Bonchev–Trinajstić information content (AvgIpc) is 3.06. The molecule has 6 nitrogen and oxygen atoms in total. The van der Waals surface area contributed by atoms with Crippen LogP contribution < -0.4 is 11.2 Å². The molecule has 0 aliphatic heterocycles. The number of aryl methyl sites for hydroxylation is 1. The van der Waals surface area contributed by atoms with E-state index in [9.17, 15) is 14.7 Å². The Balaban J connectivity index is 2.21. The molecule has 4 aromatic rings. The molecule has 0 aliphatic rings. The van der Waals surface area contributed by atoms with Crippen LogP contribution in [0.15, 0.2) is 68.8 Å². The number of halogens is 1. The van der Waals surface area contributed by atoms with Crippen LogP contribution in [0.3, 0.4) is 0 Å². The number of benzene rings is 2. The van der Waals surface area contributed by atoms with Crippen molar-refractivity contribution in [2.75, 3.05) is 0 Å². The van der Waals surface area contributed by atoms with Gasteiger partial charge in [0.1, 0.15) is 5.75 Å². The summed E-state index contributed by atoms with van der Waals surface area (Å²) < 4.78 is 5.33. The highest BCUT2D eigenvalue weighted by molar-refractivity contribution is 9.10. The summed E-state index contributed by atoms with van der Waals surface area (Å²) in [6, 6.07) is 14.3. The van der Waals surface area contributed by atoms with Crippen LogP contribution in [0.4, 0.5) is 0 Å². The number of hydrogen-bond donors (Lipinski definition) is 1. The molecule has 27 heavy (non-hydrogen) atoms. The Labute approximate surface area is 162 Å². The lowest BCUT2D eigenvalue weighted by Crippen LogP contribution is -2.36. The van der Waals surface area contributed by atoms with Crippen molar-refractivity contribution in [2.24, 2.45) is 14.1 Å². The van der Waals surface area contributed by atoms with Crippen molar-refractivity contribution in [3.8, 4) is 22.7 Å². The molecule has 4 rings (SSSR count). The van der Waals surface area contributed by atoms with Gasteiger partial charge in [-0.3, -0.25) is 13.9 Å². The van der Waals surface area contributed by atoms with E-state index in [0.717, 1.165) is 20.3 Å². The van der Waals surface area contributed by atoms with Gasteiger partial charge in [-0.15, -0.1) is 0 Å². The minimum absolute atomic E-state index is 0.155. The summed E-state index contributed by atoms with van der Waals surface area (Å²) in [6.45, 7) is 0. The van der Waals surface area contributed by atoms with Crippen molar-refractivity contribution in [1.29, 1.82) is 0 Å². The molecule has 2 aromatic carbocycles. The number of nitrogens with zero attached hydrogens (tertiary/aromatic N) is 3. The number of hydrogen-bond acceptors (Lipinski definition) is 3. The predicted octanol–water partition coefficient (Wildman–Crippen LogP) is 3.16. The smallest absolute Gasteiger partial charge is 0.330 e. The van der Waals surface area contributed by atoms with Gasteiger partial charge in [0, 0.05) is 36.0 Å². The van der Waals surface area contributed by atoms with Crippen LogP contribution >= 0.6 is 15.9 Å². The predicted molar refractivity (Wildman–Crippen MR) is 109 cm³/mol. The van der Waals surface area contributed by atoms with Gasteiger partial charge in [-0.1, -0.05) is 28.1 Å². The van der Waals surface area contributed by atoms with Crippen molar-refractivity contribution in [3.63, 3.8) is 0 Å². The van der Waals surface area contributed by atoms with Crippen LogP contribution in [0.2, 0.25) is 0 Å². The van der Waals surface area contributed by atoms with E-state index in [1.807, 2.05) is 28.8 Å². The molecule has 0 amide bonds. The summed E-state index contributed by atoms with van der Waals surface area (Å²) in [6.07, 6.45) is 1.78. The van der Waals surface area contributed by atoms with Gasteiger partial charge in [0.25, 0.3) is 5.56 Å². The molecule has 0 atom stereocenters. The van der Waals surface area contributed by atoms with Crippen molar-refractivity contribution < 1.29 is 5.11 Å². The van der Waals surface area contributed by atoms with Gasteiger partial charge in [-0.2, -0.15) is 0 Å². The van der Waals surface area contributed by atoms with E-state index < -0.39 is 0 Å². The summed E-state index contributed by atoms with van der Waals surface area (Å²) in [5, 5.41) is 10.1. The van der Waals surface area contributed by atoms with Crippen LogP contribution in [0.25, 0.3) is 27.8 Å². The van der Waals surface area contributed by atoms with E-state index in [1.54, 1.807) is 37.5 Å². The molecule has 136 valence electrons. The zero-order valence-electron chi connectivity index (χ0n) is 14.7. The normalized spacial score (nSPS) is 11.2. The second-order valence-electron chi connectivity index (χ2n) is 6.34. The molecule has 0 bridgehead atoms. The fourth-order valence-electron chi connectivity index (χ4n) is 3.28. The van der Waals surface area contributed by atoms with E-state index in [0.29, 0.717) is 16.6 Å². The molecule has 0 fully saturated rings. The second kappa shape index (κ2) is 6.28. The first-order valence-electron chi connectivity index (χ1n) is 8.25. The Hall–Kier alpha value is -3.06. The molecule has 0 unspecified atom stereocenters. The van der Waals surface area contributed by atoms with Gasteiger partial charge in [0.15, 0.2) is 0 Å². The Morgan fingerprint density at radius 1 is 0.963 bits per heavy atom. The summed E-state index contributed by atoms with van der Waals surface area (Å²) in [7, 11) is 3.13. The maximum absolute atomic E-state index is 13.0. The summed E-state index contributed by atoms with van der Waals surface area (Å²) in [5.41, 5.74) is 2.12. The number of phenolic OH excluding ortho intramolecular Hbond substituents is 1. The molecule has 0 saturated heterocycles. The number of fused-ring (bicyclic) bond motifs is 1. The van der Waals surface area contributed by atoms with Crippen LogP contribution in [-0.2, 0) is 14.1 Å². The van der Waals surface area contributed by atoms with Crippen molar-refractivity contribution in [2.45, 2.75) is 0 Å².